The average molecular weight is 305 g/mol. The first-order chi connectivity index (χ1) is 9.19. The molecule has 112 valence electrons. The van der Waals surface area contributed by atoms with Crippen LogP contribution in [0.3, 0.4) is 0 Å². The predicted octanol–water partition coefficient (Wildman–Crippen LogP) is -1.46. The minimum Gasteiger partial charge on any atom is -0.468 e. The zero-order chi connectivity index (χ0) is 15.5. The van der Waals surface area contributed by atoms with Gasteiger partial charge in [0.25, 0.3) is 5.56 Å². The summed E-state index contributed by atoms with van der Waals surface area (Å²) in [6.45, 7) is 3.22. The molecule has 0 aliphatic heterocycles. The van der Waals surface area contributed by atoms with Crippen LogP contribution in [-0.4, -0.2) is 37.5 Å². The van der Waals surface area contributed by atoms with Gasteiger partial charge in [-0.1, -0.05) is 13.8 Å². The molecule has 0 saturated heterocycles. The van der Waals surface area contributed by atoms with Crippen molar-refractivity contribution in [3.05, 3.63) is 27.0 Å². The van der Waals surface area contributed by atoms with E-state index in [1.54, 1.807) is 18.8 Å². The Morgan fingerprint density at radius 3 is 2.40 bits per heavy atom. The van der Waals surface area contributed by atoms with E-state index in [2.05, 4.69) is 9.46 Å². The van der Waals surface area contributed by atoms with Crippen LogP contribution in [0, 0.1) is 5.92 Å². The molecule has 10 heteroatoms. The molecule has 20 heavy (non-hydrogen) atoms. The maximum atomic E-state index is 12.0. The van der Waals surface area contributed by atoms with Crippen molar-refractivity contribution in [1.29, 1.82) is 0 Å². The van der Waals surface area contributed by atoms with Crippen LogP contribution < -0.4 is 16.0 Å². The first-order valence-electron chi connectivity index (χ1n) is 5.61. The van der Waals surface area contributed by atoms with Crippen molar-refractivity contribution < 1.29 is 17.9 Å². The molecule has 0 amide bonds. The van der Waals surface area contributed by atoms with E-state index in [0.717, 1.165) is 13.3 Å². The summed E-state index contributed by atoms with van der Waals surface area (Å²) in [6.07, 6.45) is 0.762. The van der Waals surface area contributed by atoms with E-state index in [1.165, 1.54) is 0 Å². The molecule has 1 aromatic heterocycles. The van der Waals surface area contributed by atoms with E-state index >= 15 is 0 Å². The highest BCUT2D eigenvalue weighted by Crippen LogP contribution is 2.08. The van der Waals surface area contributed by atoms with Crippen LogP contribution in [0.5, 0.6) is 0 Å². The molecular formula is C10H15N3O6S. The van der Waals surface area contributed by atoms with Crippen molar-refractivity contribution >= 4 is 16.0 Å². The molecule has 9 nitrogen and oxygen atoms in total. The number of esters is 1. The molecule has 0 aliphatic rings. The third-order valence-electron chi connectivity index (χ3n) is 2.48. The maximum absolute atomic E-state index is 12.0. The van der Waals surface area contributed by atoms with Crippen molar-refractivity contribution in [1.82, 2.24) is 14.7 Å². The largest absolute Gasteiger partial charge is 0.468 e. The normalized spacial score (nSPS) is 13.2. The summed E-state index contributed by atoms with van der Waals surface area (Å²) in [7, 11) is -3.15. The van der Waals surface area contributed by atoms with Crippen LogP contribution in [0.2, 0.25) is 0 Å². The molecule has 1 atom stereocenters. The van der Waals surface area contributed by atoms with Crippen molar-refractivity contribution in [2.24, 2.45) is 5.92 Å². The van der Waals surface area contributed by atoms with Crippen molar-refractivity contribution in [3.8, 4) is 0 Å². The van der Waals surface area contributed by atoms with Gasteiger partial charge in [-0.2, -0.15) is 4.72 Å². The Bertz CT molecular complexity index is 702. The highest BCUT2D eigenvalue weighted by molar-refractivity contribution is 7.89. The lowest BCUT2D eigenvalue weighted by Crippen LogP contribution is -2.46. The highest BCUT2D eigenvalue weighted by atomic mass is 32.2. The van der Waals surface area contributed by atoms with Crippen molar-refractivity contribution in [2.75, 3.05) is 7.11 Å². The molecule has 3 N–H and O–H groups in total. The summed E-state index contributed by atoms with van der Waals surface area (Å²) in [5, 5.41) is 0. The highest BCUT2D eigenvalue weighted by Gasteiger charge is 2.30. The number of aromatic amines is 2. The average Bonchev–Trinajstić information content (AvgIpc) is 2.34. The Kier molecular flexibility index (Phi) is 4.84. The summed E-state index contributed by atoms with van der Waals surface area (Å²) >= 11 is 0. The molecule has 0 spiro atoms. The lowest BCUT2D eigenvalue weighted by molar-refractivity contribution is -0.143. The maximum Gasteiger partial charge on any atom is 0.325 e. The molecule has 0 aromatic carbocycles. The molecule has 0 fully saturated rings. The quantitative estimate of drug-likeness (QED) is 0.568. The zero-order valence-corrected chi connectivity index (χ0v) is 11.9. The van der Waals surface area contributed by atoms with Crippen molar-refractivity contribution in [3.63, 3.8) is 0 Å². The van der Waals surface area contributed by atoms with E-state index in [9.17, 15) is 22.8 Å². The third-order valence-corrected chi connectivity index (χ3v) is 3.93. The third kappa shape index (κ3) is 3.54. The number of aromatic nitrogens is 2. The van der Waals surface area contributed by atoms with Gasteiger partial charge in [-0.25, -0.2) is 13.2 Å². The number of sulfonamides is 1. The van der Waals surface area contributed by atoms with E-state index in [4.69, 9.17) is 0 Å². The number of nitrogens with one attached hydrogen (secondary N) is 3. The monoisotopic (exact) mass is 305 g/mol. The molecule has 1 aromatic rings. The summed E-state index contributed by atoms with van der Waals surface area (Å²) in [4.78, 5) is 37.0. The van der Waals surface area contributed by atoms with Crippen LogP contribution in [0.1, 0.15) is 13.8 Å². The number of hydrogen-bond acceptors (Lipinski definition) is 6. The van der Waals surface area contributed by atoms with Gasteiger partial charge in [-0.05, 0) is 5.92 Å². The zero-order valence-electron chi connectivity index (χ0n) is 11.1. The van der Waals surface area contributed by atoms with Gasteiger partial charge in [-0.3, -0.25) is 14.6 Å². The number of rotatable bonds is 5. The Labute approximate surface area is 114 Å². The van der Waals surface area contributed by atoms with Gasteiger partial charge < -0.3 is 9.72 Å². The van der Waals surface area contributed by atoms with Gasteiger partial charge in [0.1, 0.15) is 6.04 Å². The summed E-state index contributed by atoms with van der Waals surface area (Å²) < 4.78 is 30.6. The van der Waals surface area contributed by atoms with E-state index in [0.29, 0.717) is 0 Å². The fourth-order valence-corrected chi connectivity index (χ4v) is 2.75. The SMILES string of the molecule is COC(=O)C(NS(=O)(=O)c1c[nH]c(=O)[nH]c1=O)C(C)C. The minimum absolute atomic E-state index is 0.390. The first-order valence-corrected chi connectivity index (χ1v) is 7.09. The second-order valence-corrected chi connectivity index (χ2v) is 5.98. The van der Waals surface area contributed by atoms with Crippen LogP contribution >= 0.6 is 0 Å². The Hall–Kier alpha value is -1.94. The fraction of sp³-hybridized carbons (Fsp3) is 0.500. The van der Waals surface area contributed by atoms with E-state index in [1.807, 2.05) is 4.98 Å². The Balaban J connectivity index is 3.20. The summed E-state index contributed by atoms with van der Waals surface area (Å²) in [5.41, 5.74) is -1.91. The number of methoxy groups -OCH3 is 1. The van der Waals surface area contributed by atoms with Gasteiger partial charge >= 0.3 is 11.7 Å². The lowest BCUT2D eigenvalue weighted by Gasteiger charge is -2.19. The molecule has 0 saturated carbocycles. The van der Waals surface area contributed by atoms with Crippen LogP contribution in [0.4, 0.5) is 0 Å². The number of carbonyl (C=O) groups is 1. The Morgan fingerprint density at radius 2 is 1.95 bits per heavy atom. The van der Waals surface area contributed by atoms with Crippen LogP contribution in [-0.2, 0) is 19.6 Å². The lowest BCUT2D eigenvalue weighted by atomic mass is 10.1. The number of ether oxygens (including phenoxy) is 1. The van der Waals surface area contributed by atoms with Crippen molar-refractivity contribution in [2.45, 2.75) is 24.8 Å². The second kappa shape index (κ2) is 6.01. The Morgan fingerprint density at radius 1 is 1.35 bits per heavy atom. The molecule has 0 radical (unpaired) electrons. The van der Waals surface area contributed by atoms with Gasteiger partial charge in [0.15, 0.2) is 4.90 Å². The van der Waals surface area contributed by atoms with Gasteiger partial charge in [0.05, 0.1) is 7.11 Å². The fourth-order valence-electron chi connectivity index (χ4n) is 1.41. The van der Waals surface area contributed by atoms with E-state index in [-0.39, 0.29) is 5.92 Å². The van der Waals surface area contributed by atoms with Gasteiger partial charge in [-0.15, -0.1) is 0 Å². The number of carbonyl (C=O) groups excluding carboxylic acids is 1. The summed E-state index contributed by atoms with van der Waals surface area (Å²) in [6, 6.07) is -1.14. The van der Waals surface area contributed by atoms with Crippen LogP contribution in [0.25, 0.3) is 0 Å². The smallest absolute Gasteiger partial charge is 0.325 e. The van der Waals surface area contributed by atoms with Gasteiger partial charge in [0, 0.05) is 6.20 Å². The first kappa shape index (κ1) is 16.1. The van der Waals surface area contributed by atoms with E-state index < -0.39 is 38.2 Å². The predicted molar refractivity (Wildman–Crippen MR) is 68.6 cm³/mol. The second-order valence-electron chi connectivity index (χ2n) is 4.30. The molecule has 0 bridgehead atoms. The van der Waals surface area contributed by atoms with Crippen LogP contribution in [0.15, 0.2) is 20.7 Å². The molecule has 1 heterocycles. The molecule has 0 aliphatic carbocycles. The standard InChI is InChI=1S/C10H15N3O6S/c1-5(2)7(9(15)19-3)13-20(17,18)6-4-11-10(16)12-8(6)14/h4-5,7,13H,1-3H3,(H2,11,12,14,16). The topological polar surface area (TPSA) is 138 Å². The molecule has 1 unspecified atom stereocenters. The number of hydrogen-bond donors (Lipinski definition) is 3. The molecule has 1 rings (SSSR count). The minimum atomic E-state index is -4.27. The van der Waals surface area contributed by atoms with Gasteiger partial charge in [0.2, 0.25) is 10.0 Å². The molecular weight excluding hydrogens is 290 g/mol. The number of H-pyrrole nitrogens is 2. The summed E-state index contributed by atoms with van der Waals surface area (Å²) in [5.74, 6) is -1.16.